The molecule has 0 bridgehead atoms. The van der Waals surface area contributed by atoms with Crippen molar-refractivity contribution < 1.29 is 0 Å². The van der Waals surface area contributed by atoms with Gasteiger partial charge in [-0.3, -0.25) is 0 Å². The molecular weight excluding hydrogens is 160 g/mol. The van der Waals surface area contributed by atoms with Crippen LogP contribution in [0, 0.1) is 11.8 Å². The Morgan fingerprint density at radius 3 is 2.77 bits per heavy atom. The summed E-state index contributed by atoms with van der Waals surface area (Å²) in [6, 6.07) is 0.503. The van der Waals surface area contributed by atoms with Crippen molar-refractivity contribution in [2.24, 2.45) is 17.6 Å². The highest BCUT2D eigenvalue weighted by Gasteiger charge is 2.35. The van der Waals surface area contributed by atoms with Crippen LogP contribution < -0.4 is 5.73 Å². The van der Waals surface area contributed by atoms with Crippen LogP contribution in [0.4, 0.5) is 0 Å². The van der Waals surface area contributed by atoms with E-state index in [0.717, 1.165) is 11.8 Å². The van der Waals surface area contributed by atoms with E-state index in [1.54, 1.807) is 0 Å². The van der Waals surface area contributed by atoms with Crippen LogP contribution in [0.1, 0.15) is 32.6 Å². The Labute approximate surface area is 81.5 Å². The minimum Gasteiger partial charge on any atom is -0.328 e. The maximum atomic E-state index is 5.99. The predicted octanol–water partition coefficient (Wildman–Crippen LogP) is 1.46. The number of nitrogens with zero attached hydrogens (tertiary/aromatic N) is 1. The summed E-state index contributed by atoms with van der Waals surface area (Å²) in [6.45, 7) is 6.24. The van der Waals surface area contributed by atoms with Gasteiger partial charge in [-0.25, -0.2) is 0 Å². The molecule has 2 heteroatoms. The molecule has 2 nitrogen and oxygen atoms in total. The average Bonchev–Trinajstić information content (AvgIpc) is 2.46. The summed E-state index contributed by atoms with van der Waals surface area (Å²) >= 11 is 0. The van der Waals surface area contributed by atoms with Crippen LogP contribution in [0.3, 0.4) is 0 Å². The Kier molecular flexibility index (Phi) is 2.89. The summed E-state index contributed by atoms with van der Waals surface area (Å²) in [4.78, 5) is 2.63. The molecule has 2 aliphatic rings. The van der Waals surface area contributed by atoms with Crippen molar-refractivity contribution in [1.29, 1.82) is 0 Å². The highest BCUT2D eigenvalue weighted by Crippen LogP contribution is 2.35. The summed E-state index contributed by atoms with van der Waals surface area (Å²) in [5, 5.41) is 0. The predicted molar refractivity (Wildman–Crippen MR) is 55.5 cm³/mol. The second-order valence-electron chi connectivity index (χ2n) is 4.85. The highest BCUT2D eigenvalue weighted by molar-refractivity contribution is 4.90. The lowest BCUT2D eigenvalue weighted by Gasteiger charge is -2.28. The first-order chi connectivity index (χ1) is 6.29. The maximum Gasteiger partial charge on any atom is 0.00421 e. The molecule has 0 aromatic heterocycles. The summed E-state index contributed by atoms with van der Waals surface area (Å²) in [6.07, 6.45) is 5.23. The van der Waals surface area contributed by atoms with E-state index in [9.17, 15) is 0 Å². The van der Waals surface area contributed by atoms with Gasteiger partial charge in [0.05, 0.1) is 0 Å². The Hall–Kier alpha value is -0.0800. The standard InChI is InChI=1S/C11H22N2/c1-2-5-13-7-9-3-4-11(12)6-10(9)8-13/h9-11H,2-8,12H2,1H3. The molecule has 13 heavy (non-hydrogen) atoms. The Morgan fingerprint density at radius 2 is 2.00 bits per heavy atom. The highest BCUT2D eigenvalue weighted by atomic mass is 15.2. The Balaban J connectivity index is 1.87. The summed E-state index contributed by atoms with van der Waals surface area (Å²) in [5.74, 6) is 1.90. The van der Waals surface area contributed by atoms with Gasteiger partial charge in [0.2, 0.25) is 0 Å². The zero-order valence-electron chi connectivity index (χ0n) is 8.71. The van der Waals surface area contributed by atoms with Crippen molar-refractivity contribution in [2.45, 2.75) is 38.6 Å². The van der Waals surface area contributed by atoms with Crippen molar-refractivity contribution in [1.82, 2.24) is 4.90 Å². The van der Waals surface area contributed by atoms with Crippen LogP contribution in [0.25, 0.3) is 0 Å². The molecule has 0 aromatic carbocycles. The first-order valence-corrected chi connectivity index (χ1v) is 5.77. The number of rotatable bonds is 2. The van der Waals surface area contributed by atoms with Gasteiger partial charge in [-0.05, 0) is 44.1 Å². The molecule has 3 unspecified atom stereocenters. The third-order valence-electron chi connectivity index (χ3n) is 3.71. The van der Waals surface area contributed by atoms with Crippen molar-refractivity contribution in [2.75, 3.05) is 19.6 Å². The van der Waals surface area contributed by atoms with Gasteiger partial charge in [0.15, 0.2) is 0 Å². The molecule has 0 aromatic rings. The maximum absolute atomic E-state index is 5.99. The van der Waals surface area contributed by atoms with Crippen molar-refractivity contribution in [3.63, 3.8) is 0 Å². The minimum absolute atomic E-state index is 0.503. The van der Waals surface area contributed by atoms with E-state index < -0.39 is 0 Å². The van der Waals surface area contributed by atoms with Gasteiger partial charge < -0.3 is 10.6 Å². The molecule has 2 rings (SSSR count). The zero-order valence-corrected chi connectivity index (χ0v) is 8.71. The summed E-state index contributed by atoms with van der Waals surface area (Å²) in [5.41, 5.74) is 5.99. The molecule has 0 amide bonds. The van der Waals surface area contributed by atoms with Crippen molar-refractivity contribution >= 4 is 0 Å². The number of fused-ring (bicyclic) bond motifs is 1. The molecular formula is C11H22N2. The molecule has 1 aliphatic heterocycles. The number of hydrogen-bond donors (Lipinski definition) is 1. The van der Waals surface area contributed by atoms with Crippen molar-refractivity contribution in [3.05, 3.63) is 0 Å². The first-order valence-electron chi connectivity index (χ1n) is 5.77. The molecule has 0 radical (unpaired) electrons. The third kappa shape index (κ3) is 2.05. The monoisotopic (exact) mass is 182 g/mol. The van der Waals surface area contributed by atoms with Gasteiger partial charge in [0.25, 0.3) is 0 Å². The van der Waals surface area contributed by atoms with E-state index in [0.29, 0.717) is 6.04 Å². The van der Waals surface area contributed by atoms with Crippen molar-refractivity contribution in [3.8, 4) is 0 Å². The minimum atomic E-state index is 0.503. The average molecular weight is 182 g/mol. The molecule has 1 saturated heterocycles. The topological polar surface area (TPSA) is 29.3 Å². The molecule has 1 aliphatic carbocycles. The molecule has 1 heterocycles. The van der Waals surface area contributed by atoms with Crippen LogP contribution in [0.5, 0.6) is 0 Å². The van der Waals surface area contributed by atoms with E-state index in [2.05, 4.69) is 11.8 Å². The molecule has 3 atom stereocenters. The number of nitrogens with two attached hydrogens (primary N) is 1. The second kappa shape index (κ2) is 3.97. The van der Waals surface area contributed by atoms with E-state index in [-0.39, 0.29) is 0 Å². The molecule has 2 N–H and O–H groups in total. The third-order valence-corrected chi connectivity index (χ3v) is 3.71. The normalized spacial score (nSPS) is 40.6. The van der Waals surface area contributed by atoms with Crippen LogP contribution in [-0.2, 0) is 0 Å². The van der Waals surface area contributed by atoms with Crippen LogP contribution in [0.15, 0.2) is 0 Å². The van der Waals surface area contributed by atoms with Gasteiger partial charge in [0, 0.05) is 19.1 Å². The number of likely N-dealkylation sites (tertiary alicyclic amines) is 1. The van der Waals surface area contributed by atoms with E-state index in [1.165, 1.54) is 45.3 Å². The zero-order chi connectivity index (χ0) is 9.26. The lowest BCUT2D eigenvalue weighted by molar-refractivity contribution is 0.271. The fourth-order valence-corrected chi connectivity index (χ4v) is 3.06. The smallest absolute Gasteiger partial charge is 0.00421 e. The fourth-order valence-electron chi connectivity index (χ4n) is 3.06. The second-order valence-corrected chi connectivity index (χ2v) is 4.85. The van der Waals surface area contributed by atoms with Crippen LogP contribution in [-0.4, -0.2) is 30.6 Å². The molecule has 0 spiro atoms. The number of hydrogen-bond acceptors (Lipinski definition) is 2. The SMILES string of the molecule is CCCN1CC2CCC(N)CC2C1. The van der Waals surface area contributed by atoms with Gasteiger partial charge in [-0.2, -0.15) is 0 Å². The largest absolute Gasteiger partial charge is 0.328 e. The van der Waals surface area contributed by atoms with E-state index in [1.807, 2.05) is 0 Å². The van der Waals surface area contributed by atoms with Gasteiger partial charge >= 0.3 is 0 Å². The lowest BCUT2D eigenvalue weighted by Crippen LogP contribution is -2.32. The summed E-state index contributed by atoms with van der Waals surface area (Å²) < 4.78 is 0. The summed E-state index contributed by atoms with van der Waals surface area (Å²) in [7, 11) is 0. The molecule has 76 valence electrons. The van der Waals surface area contributed by atoms with Crippen LogP contribution in [0.2, 0.25) is 0 Å². The van der Waals surface area contributed by atoms with Gasteiger partial charge in [0.1, 0.15) is 0 Å². The first kappa shape index (κ1) is 9.47. The Morgan fingerprint density at radius 1 is 1.23 bits per heavy atom. The van der Waals surface area contributed by atoms with E-state index in [4.69, 9.17) is 5.73 Å². The van der Waals surface area contributed by atoms with Gasteiger partial charge in [-0.15, -0.1) is 0 Å². The fraction of sp³-hybridized carbons (Fsp3) is 1.00. The van der Waals surface area contributed by atoms with Crippen LogP contribution >= 0.6 is 0 Å². The quantitative estimate of drug-likeness (QED) is 0.700. The molecule has 1 saturated carbocycles. The lowest BCUT2D eigenvalue weighted by atomic mass is 9.79. The Bertz CT molecular complexity index is 169. The van der Waals surface area contributed by atoms with Gasteiger partial charge in [-0.1, -0.05) is 6.92 Å². The molecule has 2 fully saturated rings. The van der Waals surface area contributed by atoms with E-state index >= 15 is 0 Å².